The number of hydrogen-bond donors (Lipinski definition) is 1. The molecule has 72 valence electrons. The molecule has 1 aromatic heterocycles. The van der Waals surface area contributed by atoms with Gasteiger partial charge in [0.15, 0.2) is 0 Å². The Hall–Kier alpha value is -1.02. The van der Waals surface area contributed by atoms with E-state index in [2.05, 4.69) is 43.6 Å². The molecule has 0 spiro atoms. The van der Waals surface area contributed by atoms with Crippen molar-refractivity contribution in [2.45, 2.75) is 24.7 Å². The van der Waals surface area contributed by atoms with Gasteiger partial charge in [-0.3, -0.25) is 4.98 Å². The minimum atomic E-state index is 0.507. The molecule has 0 saturated carbocycles. The molecule has 2 heteroatoms. The number of pyridine rings is 1. The minimum absolute atomic E-state index is 0.507. The average Bonchev–Trinajstić information content (AvgIpc) is 2.16. The Labute approximate surface area is 89.6 Å². The highest BCUT2D eigenvalue weighted by Gasteiger charge is 2.05. The predicted molar refractivity (Wildman–Crippen MR) is 63.1 cm³/mol. The van der Waals surface area contributed by atoms with Gasteiger partial charge in [0.05, 0.1) is 5.52 Å². The van der Waals surface area contributed by atoms with Crippen molar-refractivity contribution in [3.05, 3.63) is 36.0 Å². The third-order valence-electron chi connectivity index (χ3n) is 2.37. The Balaban J connectivity index is 2.71. The summed E-state index contributed by atoms with van der Waals surface area (Å²) in [6, 6.07) is 8.26. The number of hydrogen-bond acceptors (Lipinski definition) is 2. The van der Waals surface area contributed by atoms with Gasteiger partial charge in [-0.2, -0.15) is 0 Å². The first-order valence-electron chi connectivity index (χ1n) is 4.76. The maximum atomic E-state index is 4.47. The standard InChI is InChI=1S/C12H13NS/c1-8(2)10-6-9-4-3-5-13-11(9)7-12(10)14/h3-8,14H,1-2H3. The van der Waals surface area contributed by atoms with E-state index in [1.54, 1.807) is 0 Å². The van der Waals surface area contributed by atoms with Crippen LogP contribution in [0, 0.1) is 0 Å². The van der Waals surface area contributed by atoms with Crippen LogP contribution in [0.15, 0.2) is 35.4 Å². The van der Waals surface area contributed by atoms with Gasteiger partial charge < -0.3 is 0 Å². The second-order valence-electron chi connectivity index (χ2n) is 3.76. The van der Waals surface area contributed by atoms with Crippen LogP contribution < -0.4 is 0 Å². The first-order valence-corrected chi connectivity index (χ1v) is 5.21. The number of thiol groups is 1. The molecule has 0 radical (unpaired) electrons. The van der Waals surface area contributed by atoms with Gasteiger partial charge in [-0.05, 0) is 29.7 Å². The largest absolute Gasteiger partial charge is 0.256 e. The molecular weight excluding hydrogens is 190 g/mol. The number of nitrogens with zero attached hydrogens (tertiary/aromatic N) is 1. The van der Waals surface area contributed by atoms with Gasteiger partial charge in [0.25, 0.3) is 0 Å². The molecular formula is C12H13NS. The van der Waals surface area contributed by atoms with Crippen molar-refractivity contribution in [2.24, 2.45) is 0 Å². The van der Waals surface area contributed by atoms with Crippen molar-refractivity contribution >= 4 is 23.5 Å². The van der Waals surface area contributed by atoms with Gasteiger partial charge in [-0.15, -0.1) is 12.6 Å². The monoisotopic (exact) mass is 203 g/mol. The summed E-state index contributed by atoms with van der Waals surface area (Å²) in [6.45, 7) is 4.36. The molecule has 1 aromatic carbocycles. The normalized spacial score (nSPS) is 11.1. The van der Waals surface area contributed by atoms with E-state index in [1.165, 1.54) is 10.9 Å². The fourth-order valence-corrected chi connectivity index (χ4v) is 2.03. The van der Waals surface area contributed by atoms with E-state index in [0.29, 0.717) is 5.92 Å². The number of benzene rings is 1. The lowest BCUT2D eigenvalue weighted by molar-refractivity contribution is 0.845. The molecule has 0 saturated heterocycles. The molecule has 1 nitrogen and oxygen atoms in total. The lowest BCUT2D eigenvalue weighted by atomic mass is 10.0. The third-order valence-corrected chi connectivity index (χ3v) is 2.76. The highest BCUT2D eigenvalue weighted by molar-refractivity contribution is 7.80. The smallest absolute Gasteiger partial charge is 0.0713 e. The van der Waals surface area contributed by atoms with Crippen molar-refractivity contribution in [1.82, 2.24) is 4.98 Å². The van der Waals surface area contributed by atoms with Crippen molar-refractivity contribution in [3.63, 3.8) is 0 Å². The van der Waals surface area contributed by atoms with E-state index in [1.807, 2.05) is 18.3 Å². The Morgan fingerprint density at radius 3 is 2.79 bits per heavy atom. The summed E-state index contributed by atoms with van der Waals surface area (Å²) in [5.74, 6) is 0.507. The third kappa shape index (κ3) is 1.62. The molecule has 2 aromatic rings. The Morgan fingerprint density at radius 1 is 1.29 bits per heavy atom. The fourth-order valence-electron chi connectivity index (χ4n) is 1.59. The summed E-state index contributed by atoms with van der Waals surface area (Å²) in [4.78, 5) is 5.33. The molecule has 0 unspecified atom stereocenters. The molecule has 0 aliphatic carbocycles. The highest BCUT2D eigenvalue weighted by atomic mass is 32.1. The van der Waals surface area contributed by atoms with Crippen LogP contribution in [0.4, 0.5) is 0 Å². The summed E-state index contributed by atoms with van der Waals surface area (Å²) in [5.41, 5.74) is 2.30. The average molecular weight is 203 g/mol. The van der Waals surface area contributed by atoms with Crippen molar-refractivity contribution in [3.8, 4) is 0 Å². The number of aromatic nitrogens is 1. The molecule has 0 fully saturated rings. The fraction of sp³-hybridized carbons (Fsp3) is 0.250. The van der Waals surface area contributed by atoms with Crippen LogP contribution in [0.3, 0.4) is 0 Å². The molecule has 0 aliphatic heterocycles. The van der Waals surface area contributed by atoms with E-state index in [0.717, 1.165) is 10.4 Å². The van der Waals surface area contributed by atoms with Gasteiger partial charge >= 0.3 is 0 Å². The van der Waals surface area contributed by atoms with Gasteiger partial charge in [-0.25, -0.2) is 0 Å². The molecule has 0 amide bonds. The predicted octanol–water partition coefficient (Wildman–Crippen LogP) is 3.65. The minimum Gasteiger partial charge on any atom is -0.256 e. The van der Waals surface area contributed by atoms with Gasteiger partial charge in [0.2, 0.25) is 0 Å². The van der Waals surface area contributed by atoms with Crippen LogP contribution in [0.1, 0.15) is 25.3 Å². The van der Waals surface area contributed by atoms with E-state index in [-0.39, 0.29) is 0 Å². The lowest BCUT2D eigenvalue weighted by Gasteiger charge is -2.09. The van der Waals surface area contributed by atoms with Gasteiger partial charge in [0.1, 0.15) is 0 Å². The van der Waals surface area contributed by atoms with E-state index >= 15 is 0 Å². The molecule has 14 heavy (non-hydrogen) atoms. The topological polar surface area (TPSA) is 12.9 Å². The summed E-state index contributed by atoms with van der Waals surface area (Å²) in [5, 5.41) is 1.19. The second kappa shape index (κ2) is 3.62. The van der Waals surface area contributed by atoms with Crippen LogP contribution in [-0.2, 0) is 0 Å². The first kappa shape index (κ1) is 9.53. The number of rotatable bonds is 1. The number of fused-ring (bicyclic) bond motifs is 1. The molecule has 1 heterocycles. The SMILES string of the molecule is CC(C)c1cc2cccnc2cc1S. The Kier molecular flexibility index (Phi) is 2.46. The quantitative estimate of drug-likeness (QED) is 0.698. The van der Waals surface area contributed by atoms with Gasteiger partial charge in [-0.1, -0.05) is 19.9 Å². The highest BCUT2D eigenvalue weighted by Crippen LogP contribution is 2.26. The summed E-state index contributed by atoms with van der Waals surface area (Å²) >= 11 is 4.47. The maximum Gasteiger partial charge on any atom is 0.0713 e. The molecule has 0 aliphatic rings. The second-order valence-corrected chi connectivity index (χ2v) is 4.24. The van der Waals surface area contributed by atoms with Crippen LogP contribution in [0.5, 0.6) is 0 Å². The van der Waals surface area contributed by atoms with E-state index in [4.69, 9.17) is 0 Å². The summed E-state index contributed by atoms with van der Waals surface area (Å²) in [6.07, 6.45) is 1.81. The molecule has 0 atom stereocenters. The van der Waals surface area contributed by atoms with Crippen molar-refractivity contribution in [2.75, 3.05) is 0 Å². The van der Waals surface area contributed by atoms with Gasteiger partial charge in [0, 0.05) is 16.5 Å². The zero-order valence-electron chi connectivity index (χ0n) is 8.36. The Bertz CT molecular complexity index is 463. The summed E-state index contributed by atoms with van der Waals surface area (Å²) in [7, 11) is 0. The van der Waals surface area contributed by atoms with Crippen molar-refractivity contribution in [1.29, 1.82) is 0 Å². The zero-order valence-corrected chi connectivity index (χ0v) is 9.25. The van der Waals surface area contributed by atoms with Crippen LogP contribution in [-0.4, -0.2) is 4.98 Å². The zero-order chi connectivity index (χ0) is 10.1. The summed E-state index contributed by atoms with van der Waals surface area (Å²) < 4.78 is 0. The van der Waals surface area contributed by atoms with E-state index in [9.17, 15) is 0 Å². The maximum absolute atomic E-state index is 4.47. The molecule has 2 rings (SSSR count). The van der Waals surface area contributed by atoms with Crippen molar-refractivity contribution < 1.29 is 0 Å². The van der Waals surface area contributed by atoms with Crippen LogP contribution >= 0.6 is 12.6 Å². The Morgan fingerprint density at radius 2 is 2.07 bits per heavy atom. The first-order chi connectivity index (χ1) is 6.68. The molecule has 0 bridgehead atoms. The van der Waals surface area contributed by atoms with E-state index < -0.39 is 0 Å². The molecule has 0 N–H and O–H groups in total. The van der Waals surface area contributed by atoms with Crippen LogP contribution in [0.25, 0.3) is 10.9 Å². The van der Waals surface area contributed by atoms with Crippen LogP contribution in [0.2, 0.25) is 0 Å². The lowest BCUT2D eigenvalue weighted by Crippen LogP contribution is -1.90.